The summed E-state index contributed by atoms with van der Waals surface area (Å²) < 4.78 is 0. The van der Waals surface area contributed by atoms with Crippen molar-refractivity contribution in [2.45, 2.75) is 32.4 Å². The smallest absolute Gasteiger partial charge is 0.0897 e. The minimum absolute atomic E-state index is 0.823. The quantitative estimate of drug-likeness (QED) is 0.797. The number of rotatable bonds is 6. The molecule has 1 fully saturated rings. The monoisotopic (exact) mass is 225 g/mol. The maximum absolute atomic E-state index is 4.26. The summed E-state index contributed by atoms with van der Waals surface area (Å²) >= 11 is 1.79. The van der Waals surface area contributed by atoms with Crippen molar-refractivity contribution in [2.75, 3.05) is 20.1 Å². The molecule has 15 heavy (non-hydrogen) atoms. The molecule has 1 aliphatic rings. The lowest BCUT2D eigenvalue weighted by molar-refractivity contribution is 0.326. The normalized spacial score (nSPS) is 16.2. The lowest BCUT2D eigenvalue weighted by Crippen LogP contribution is -2.29. The van der Waals surface area contributed by atoms with E-state index in [0.717, 1.165) is 30.7 Å². The highest BCUT2D eigenvalue weighted by Gasteiger charge is 2.19. The third kappa shape index (κ3) is 3.89. The summed E-state index contributed by atoms with van der Waals surface area (Å²) in [5, 5.41) is 4.69. The first kappa shape index (κ1) is 11.0. The van der Waals surface area contributed by atoms with Gasteiger partial charge in [0, 0.05) is 36.8 Å². The molecule has 1 aromatic rings. The van der Waals surface area contributed by atoms with Gasteiger partial charge in [0.05, 0.1) is 5.01 Å². The standard InChI is InChI=1S/C11H19N3S/c1-9-13-7-11(15-9)8-14(2)6-5-12-10-3-4-10/h7,10,12H,3-6,8H2,1-2H3. The summed E-state index contributed by atoms with van der Waals surface area (Å²) in [5.74, 6) is 0. The van der Waals surface area contributed by atoms with Crippen molar-refractivity contribution in [3.05, 3.63) is 16.1 Å². The van der Waals surface area contributed by atoms with Gasteiger partial charge in [0.2, 0.25) is 0 Å². The second kappa shape index (κ2) is 5.05. The van der Waals surface area contributed by atoms with Crippen LogP contribution < -0.4 is 5.32 Å². The fourth-order valence-corrected chi connectivity index (χ4v) is 2.45. The van der Waals surface area contributed by atoms with Crippen molar-refractivity contribution >= 4 is 11.3 Å². The van der Waals surface area contributed by atoms with Gasteiger partial charge >= 0.3 is 0 Å². The third-order valence-electron chi connectivity index (χ3n) is 2.60. The minimum atomic E-state index is 0.823. The topological polar surface area (TPSA) is 28.2 Å². The van der Waals surface area contributed by atoms with Crippen LogP contribution in [0.3, 0.4) is 0 Å². The predicted octanol–water partition coefficient (Wildman–Crippen LogP) is 1.64. The van der Waals surface area contributed by atoms with Crippen molar-refractivity contribution in [2.24, 2.45) is 0 Å². The van der Waals surface area contributed by atoms with E-state index in [4.69, 9.17) is 0 Å². The molecule has 1 saturated carbocycles. The summed E-state index contributed by atoms with van der Waals surface area (Å²) in [6.07, 6.45) is 4.74. The fourth-order valence-electron chi connectivity index (χ4n) is 1.57. The number of nitrogens with zero attached hydrogens (tertiary/aromatic N) is 2. The number of likely N-dealkylation sites (N-methyl/N-ethyl adjacent to an activating group) is 1. The molecule has 0 radical (unpaired) electrons. The number of hydrogen-bond donors (Lipinski definition) is 1. The van der Waals surface area contributed by atoms with Gasteiger partial charge in [0.1, 0.15) is 0 Å². The Bertz CT molecular complexity index is 307. The van der Waals surface area contributed by atoms with Crippen molar-refractivity contribution in [1.29, 1.82) is 0 Å². The Labute approximate surface area is 95.5 Å². The average molecular weight is 225 g/mol. The Morgan fingerprint density at radius 3 is 3.00 bits per heavy atom. The molecule has 0 amide bonds. The van der Waals surface area contributed by atoms with Crippen LogP contribution in [0.15, 0.2) is 6.20 Å². The van der Waals surface area contributed by atoms with E-state index < -0.39 is 0 Å². The number of nitrogens with one attached hydrogen (secondary N) is 1. The van der Waals surface area contributed by atoms with Gasteiger partial charge in [-0.2, -0.15) is 0 Å². The van der Waals surface area contributed by atoms with E-state index in [1.54, 1.807) is 11.3 Å². The maximum atomic E-state index is 4.26. The third-order valence-corrected chi connectivity index (χ3v) is 3.50. The molecule has 0 aromatic carbocycles. The zero-order chi connectivity index (χ0) is 10.7. The fraction of sp³-hybridized carbons (Fsp3) is 0.727. The van der Waals surface area contributed by atoms with E-state index >= 15 is 0 Å². The van der Waals surface area contributed by atoms with E-state index in [-0.39, 0.29) is 0 Å². The molecule has 1 aliphatic carbocycles. The Kier molecular flexibility index (Phi) is 3.72. The van der Waals surface area contributed by atoms with Crippen LogP contribution in [0.2, 0.25) is 0 Å². The summed E-state index contributed by atoms with van der Waals surface area (Å²) in [6, 6.07) is 0.823. The van der Waals surface area contributed by atoms with Crippen LogP contribution in [-0.4, -0.2) is 36.1 Å². The van der Waals surface area contributed by atoms with Gasteiger partial charge in [-0.1, -0.05) is 0 Å². The van der Waals surface area contributed by atoms with Crippen molar-refractivity contribution in [3.8, 4) is 0 Å². The van der Waals surface area contributed by atoms with Crippen LogP contribution in [0.25, 0.3) is 0 Å². The van der Waals surface area contributed by atoms with Gasteiger partial charge in [0.15, 0.2) is 0 Å². The van der Waals surface area contributed by atoms with Crippen molar-refractivity contribution in [1.82, 2.24) is 15.2 Å². The first-order valence-corrected chi connectivity index (χ1v) is 6.39. The molecule has 0 bridgehead atoms. The Morgan fingerprint density at radius 1 is 1.60 bits per heavy atom. The highest BCUT2D eigenvalue weighted by molar-refractivity contribution is 7.11. The Hall–Kier alpha value is -0.450. The molecule has 0 aliphatic heterocycles. The average Bonchev–Trinajstić information content (AvgIpc) is 2.91. The highest BCUT2D eigenvalue weighted by Crippen LogP contribution is 2.18. The second-order valence-electron chi connectivity index (χ2n) is 4.31. The Balaban J connectivity index is 1.64. The van der Waals surface area contributed by atoms with Crippen molar-refractivity contribution in [3.63, 3.8) is 0 Å². The summed E-state index contributed by atoms with van der Waals surface area (Å²) in [5.41, 5.74) is 0. The molecule has 4 heteroatoms. The van der Waals surface area contributed by atoms with Crippen LogP contribution >= 0.6 is 11.3 Å². The molecule has 84 valence electrons. The SMILES string of the molecule is Cc1ncc(CN(C)CCNC2CC2)s1. The van der Waals surface area contributed by atoms with Gasteiger partial charge < -0.3 is 5.32 Å². The van der Waals surface area contributed by atoms with Crippen LogP contribution in [-0.2, 0) is 6.54 Å². The summed E-state index contributed by atoms with van der Waals surface area (Å²) in [6.45, 7) is 5.31. The largest absolute Gasteiger partial charge is 0.313 e. The van der Waals surface area contributed by atoms with Gasteiger partial charge in [-0.15, -0.1) is 11.3 Å². The lowest BCUT2D eigenvalue weighted by Gasteiger charge is -2.15. The first-order valence-electron chi connectivity index (χ1n) is 5.57. The molecular formula is C11H19N3S. The summed E-state index contributed by atoms with van der Waals surface area (Å²) in [7, 11) is 2.17. The maximum Gasteiger partial charge on any atom is 0.0897 e. The van der Waals surface area contributed by atoms with Gasteiger partial charge in [-0.3, -0.25) is 4.90 Å². The molecule has 0 atom stereocenters. The number of hydrogen-bond acceptors (Lipinski definition) is 4. The van der Waals surface area contributed by atoms with E-state index in [1.807, 2.05) is 6.20 Å². The second-order valence-corrected chi connectivity index (χ2v) is 5.63. The van der Waals surface area contributed by atoms with Crippen LogP contribution in [0, 0.1) is 6.92 Å². The van der Waals surface area contributed by atoms with E-state index in [2.05, 4.69) is 29.2 Å². The van der Waals surface area contributed by atoms with Crippen LogP contribution in [0.1, 0.15) is 22.7 Å². The number of aromatic nitrogens is 1. The Morgan fingerprint density at radius 2 is 2.40 bits per heavy atom. The molecule has 2 rings (SSSR count). The van der Waals surface area contributed by atoms with E-state index in [9.17, 15) is 0 Å². The molecule has 0 spiro atoms. The van der Waals surface area contributed by atoms with Crippen LogP contribution in [0.5, 0.6) is 0 Å². The van der Waals surface area contributed by atoms with Gasteiger partial charge in [-0.25, -0.2) is 4.98 Å². The molecule has 0 saturated heterocycles. The molecule has 3 nitrogen and oxygen atoms in total. The van der Waals surface area contributed by atoms with Crippen molar-refractivity contribution < 1.29 is 0 Å². The number of aryl methyl sites for hydroxylation is 1. The van der Waals surface area contributed by atoms with E-state index in [1.165, 1.54) is 17.7 Å². The van der Waals surface area contributed by atoms with Gasteiger partial charge in [0.25, 0.3) is 0 Å². The lowest BCUT2D eigenvalue weighted by atomic mass is 10.4. The predicted molar refractivity (Wildman–Crippen MR) is 64.2 cm³/mol. The van der Waals surface area contributed by atoms with Crippen LogP contribution in [0.4, 0.5) is 0 Å². The molecule has 1 aromatic heterocycles. The first-order chi connectivity index (χ1) is 7.24. The zero-order valence-electron chi connectivity index (χ0n) is 9.49. The summed E-state index contributed by atoms with van der Waals surface area (Å²) in [4.78, 5) is 7.98. The van der Waals surface area contributed by atoms with E-state index in [0.29, 0.717) is 0 Å². The number of thiazole rings is 1. The molecule has 0 unspecified atom stereocenters. The molecule has 1 heterocycles. The van der Waals surface area contributed by atoms with Gasteiger partial charge in [-0.05, 0) is 26.8 Å². The highest BCUT2D eigenvalue weighted by atomic mass is 32.1. The zero-order valence-corrected chi connectivity index (χ0v) is 10.3. The minimum Gasteiger partial charge on any atom is -0.313 e. The molecular weight excluding hydrogens is 206 g/mol. The molecule has 1 N–H and O–H groups in total.